The number of nitrogens with one attached hydrogen (secondary N) is 3. The minimum Gasteiger partial charge on any atom is -0.380 e. The fourth-order valence-electron chi connectivity index (χ4n) is 2.13. The van der Waals surface area contributed by atoms with Crippen LogP contribution in [0.4, 0.5) is 5.69 Å². The van der Waals surface area contributed by atoms with Crippen molar-refractivity contribution in [2.24, 2.45) is 0 Å². The highest BCUT2D eigenvalue weighted by Gasteiger charge is 2.05. The van der Waals surface area contributed by atoms with Crippen LogP contribution >= 0.6 is 27.7 Å². The molecule has 0 aliphatic rings. The molecular weight excluding hydrogens is 350 g/mol. The lowest BCUT2D eigenvalue weighted by molar-refractivity contribution is 1.14. The van der Waals surface area contributed by atoms with Gasteiger partial charge in [0, 0.05) is 15.9 Å². The number of benzene rings is 2. The molecule has 0 aliphatic carbocycles. The second kappa shape index (κ2) is 5.99. The van der Waals surface area contributed by atoms with Crippen molar-refractivity contribution in [3.63, 3.8) is 0 Å². The van der Waals surface area contributed by atoms with E-state index < -0.39 is 0 Å². The lowest BCUT2D eigenvalue weighted by Crippen LogP contribution is -2.00. The van der Waals surface area contributed by atoms with Crippen LogP contribution < -0.4 is 11.0 Å². The zero-order valence-electron chi connectivity index (χ0n) is 11.4. The third-order valence-corrected chi connectivity index (χ3v) is 4.65. The van der Waals surface area contributed by atoms with Crippen molar-refractivity contribution in [2.75, 3.05) is 11.6 Å². The van der Waals surface area contributed by atoms with Gasteiger partial charge in [-0.1, -0.05) is 12.1 Å². The molecule has 0 saturated heterocycles. The maximum atomic E-state index is 11.3. The summed E-state index contributed by atoms with van der Waals surface area (Å²) in [5, 5.41) is 3.38. The van der Waals surface area contributed by atoms with Gasteiger partial charge < -0.3 is 15.3 Å². The molecule has 3 N–H and O–H groups in total. The smallest absolute Gasteiger partial charge is 0.323 e. The van der Waals surface area contributed by atoms with Crippen LogP contribution in [0.2, 0.25) is 0 Å². The first-order valence-corrected chi connectivity index (χ1v) is 8.46. The second-order valence-electron chi connectivity index (χ2n) is 4.66. The van der Waals surface area contributed by atoms with Crippen LogP contribution in [-0.2, 0) is 6.54 Å². The predicted octanol–water partition coefficient (Wildman–Crippen LogP) is 3.95. The van der Waals surface area contributed by atoms with Crippen molar-refractivity contribution in [1.29, 1.82) is 0 Å². The standard InChI is InChI=1S/C15H14BrN3OS/c1-21-10-4-2-9(3-5-10)8-17-12-7-14-13(6-11(12)16)18-15(20)19-14/h2-7,17H,8H2,1H3,(H2,18,19,20). The Balaban J connectivity index is 1.80. The quantitative estimate of drug-likeness (QED) is 0.615. The summed E-state index contributed by atoms with van der Waals surface area (Å²) in [7, 11) is 0. The van der Waals surface area contributed by atoms with Crippen LogP contribution in [0.5, 0.6) is 0 Å². The van der Waals surface area contributed by atoms with Crippen LogP contribution in [0.1, 0.15) is 5.56 Å². The van der Waals surface area contributed by atoms with Crippen LogP contribution in [0.25, 0.3) is 11.0 Å². The van der Waals surface area contributed by atoms with Crippen molar-refractivity contribution >= 4 is 44.4 Å². The Labute approximate surface area is 134 Å². The van der Waals surface area contributed by atoms with Crippen molar-refractivity contribution in [3.8, 4) is 0 Å². The lowest BCUT2D eigenvalue weighted by atomic mass is 10.2. The number of rotatable bonds is 4. The maximum absolute atomic E-state index is 11.3. The molecule has 21 heavy (non-hydrogen) atoms. The number of imidazole rings is 1. The van der Waals surface area contributed by atoms with Gasteiger partial charge in [-0.05, 0) is 52.0 Å². The van der Waals surface area contributed by atoms with E-state index in [0.717, 1.165) is 27.7 Å². The van der Waals surface area contributed by atoms with E-state index in [2.05, 4.69) is 61.7 Å². The molecule has 0 bridgehead atoms. The van der Waals surface area contributed by atoms with E-state index in [4.69, 9.17) is 0 Å². The second-order valence-corrected chi connectivity index (χ2v) is 6.39. The molecule has 0 unspecified atom stereocenters. The number of hydrogen-bond acceptors (Lipinski definition) is 3. The number of thioether (sulfide) groups is 1. The first-order chi connectivity index (χ1) is 10.2. The van der Waals surface area contributed by atoms with Crippen molar-refractivity contribution in [2.45, 2.75) is 11.4 Å². The fourth-order valence-corrected chi connectivity index (χ4v) is 3.02. The van der Waals surface area contributed by atoms with Gasteiger partial charge in [0.15, 0.2) is 0 Å². The van der Waals surface area contributed by atoms with Crippen molar-refractivity contribution < 1.29 is 0 Å². The number of aromatic amines is 2. The molecule has 2 aromatic carbocycles. The summed E-state index contributed by atoms with van der Waals surface area (Å²) in [5.41, 5.74) is 3.56. The molecule has 0 amide bonds. The zero-order valence-corrected chi connectivity index (χ0v) is 13.8. The van der Waals surface area contributed by atoms with E-state index in [1.807, 2.05) is 12.1 Å². The molecule has 0 fully saturated rings. The van der Waals surface area contributed by atoms with Gasteiger partial charge in [0.05, 0.1) is 16.7 Å². The Morgan fingerprint density at radius 3 is 2.48 bits per heavy atom. The summed E-state index contributed by atoms with van der Waals surface area (Å²) < 4.78 is 0.922. The summed E-state index contributed by atoms with van der Waals surface area (Å²) in [5.74, 6) is 0. The van der Waals surface area contributed by atoms with E-state index in [1.54, 1.807) is 11.8 Å². The highest BCUT2D eigenvalue weighted by Crippen LogP contribution is 2.27. The number of H-pyrrole nitrogens is 2. The van der Waals surface area contributed by atoms with Gasteiger partial charge in [-0.2, -0.15) is 0 Å². The largest absolute Gasteiger partial charge is 0.380 e. The monoisotopic (exact) mass is 363 g/mol. The molecule has 0 aliphatic heterocycles. The van der Waals surface area contributed by atoms with Gasteiger partial charge in [-0.15, -0.1) is 11.8 Å². The van der Waals surface area contributed by atoms with Gasteiger partial charge in [0.1, 0.15) is 0 Å². The van der Waals surface area contributed by atoms with E-state index in [-0.39, 0.29) is 5.69 Å². The van der Waals surface area contributed by atoms with E-state index in [9.17, 15) is 4.79 Å². The Bertz CT molecular complexity index is 823. The van der Waals surface area contributed by atoms with E-state index in [0.29, 0.717) is 0 Å². The lowest BCUT2D eigenvalue weighted by Gasteiger charge is -2.09. The number of fused-ring (bicyclic) bond motifs is 1. The van der Waals surface area contributed by atoms with Gasteiger partial charge in [-0.25, -0.2) is 4.79 Å². The Hall–Kier alpha value is -1.66. The highest BCUT2D eigenvalue weighted by atomic mass is 79.9. The fraction of sp³-hybridized carbons (Fsp3) is 0.133. The van der Waals surface area contributed by atoms with Crippen LogP contribution in [0.15, 0.2) is 50.6 Å². The number of halogens is 1. The molecular formula is C15H14BrN3OS. The average molecular weight is 364 g/mol. The molecule has 1 heterocycles. The Kier molecular flexibility index (Phi) is 4.07. The molecule has 0 spiro atoms. The van der Waals surface area contributed by atoms with Gasteiger partial charge >= 0.3 is 5.69 Å². The SMILES string of the molecule is CSc1ccc(CNc2cc3[nH]c(=O)[nH]c3cc2Br)cc1. The normalized spacial score (nSPS) is 11.0. The van der Waals surface area contributed by atoms with Gasteiger partial charge in [0.25, 0.3) is 0 Å². The summed E-state index contributed by atoms with van der Waals surface area (Å²) in [6, 6.07) is 12.3. The van der Waals surface area contributed by atoms with Crippen LogP contribution in [0, 0.1) is 0 Å². The maximum Gasteiger partial charge on any atom is 0.323 e. The summed E-state index contributed by atoms with van der Waals surface area (Å²) >= 11 is 5.25. The molecule has 3 rings (SSSR count). The molecule has 0 atom stereocenters. The predicted molar refractivity (Wildman–Crippen MR) is 92.2 cm³/mol. The summed E-state index contributed by atoms with van der Waals surface area (Å²) in [4.78, 5) is 18.1. The average Bonchev–Trinajstić information content (AvgIpc) is 2.84. The van der Waals surface area contributed by atoms with Gasteiger partial charge in [-0.3, -0.25) is 0 Å². The molecule has 0 radical (unpaired) electrons. The number of hydrogen-bond donors (Lipinski definition) is 3. The molecule has 3 aromatic rings. The zero-order chi connectivity index (χ0) is 14.8. The topological polar surface area (TPSA) is 60.7 Å². The number of aromatic nitrogens is 2. The van der Waals surface area contributed by atoms with Crippen molar-refractivity contribution in [1.82, 2.24) is 9.97 Å². The molecule has 6 heteroatoms. The Morgan fingerprint density at radius 1 is 1.14 bits per heavy atom. The van der Waals surface area contributed by atoms with E-state index >= 15 is 0 Å². The molecule has 108 valence electrons. The molecule has 4 nitrogen and oxygen atoms in total. The minimum atomic E-state index is -0.193. The third-order valence-electron chi connectivity index (χ3n) is 3.25. The van der Waals surface area contributed by atoms with Gasteiger partial charge in [0.2, 0.25) is 0 Å². The molecule has 0 saturated carbocycles. The number of anilines is 1. The first kappa shape index (κ1) is 14.3. The summed E-state index contributed by atoms with van der Waals surface area (Å²) in [6.07, 6.45) is 2.07. The van der Waals surface area contributed by atoms with Crippen LogP contribution in [0.3, 0.4) is 0 Å². The Morgan fingerprint density at radius 2 is 1.81 bits per heavy atom. The third kappa shape index (κ3) is 3.16. The van der Waals surface area contributed by atoms with Crippen molar-refractivity contribution in [3.05, 3.63) is 56.9 Å². The van der Waals surface area contributed by atoms with E-state index in [1.165, 1.54) is 10.5 Å². The minimum absolute atomic E-state index is 0.193. The summed E-state index contributed by atoms with van der Waals surface area (Å²) in [6.45, 7) is 0.730. The molecule has 1 aromatic heterocycles. The highest BCUT2D eigenvalue weighted by molar-refractivity contribution is 9.10. The first-order valence-electron chi connectivity index (χ1n) is 6.44. The van der Waals surface area contributed by atoms with Crippen LogP contribution in [-0.4, -0.2) is 16.2 Å².